The van der Waals surface area contributed by atoms with Gasteiger partial charge in [0, 0.05) is 0 Å². The van der Waals surface area contributed by atoms with Crippen LogP contribution >= 0.6 is 0 Å². The van der Waals surface area contributed by atoms with Gasteiger partial charge in [0.2, 0.25) is 0 Å². The molecule has 96 valence electrons. The molecule has 1 aliphatic rings. The first kappa shape index (κ1) is 12.0. The molecule has 0 amide bonds. The van der Waals surface area contributed by atoms with Crippen LogP contribution in [0.3, 0.4) is 0 Å². The molecular formula is C16H11F3. The van der Waals surface area contributed by atoms with Crippen molar-refractivity contribution in [2.45, 2.75) is 11.6 Å². The number of allylic oxidation sites excluding steroid dienone is 2. The Morgan fingerprint density at radius 2 is 1.26 bits per heavy atom. The maximum atomic E-state index is 13.5. The number of hydrogen-bond acceptors (Lipinski definition) is 0. The first-order valence-corrected chi connectivity index (χ1v) is 5.97. The lowest BCUT2D eigenvalue weighted by Gasteiger charge is -2.23. The van der Waals surface area contributed by atoms with E-state index in [0.717, 1.165) is 0 Å². The highest BCUT2D eigenvalue weighted by molar-refractivity contribution is 5.92. The number of alkyl halides is 3. The molecule has 1 unspecified atom stereocenters. The maximum Gasteiger partial charge on any atom is 0.405 e. The van der Waals surface area contributed by atoms with Gasteiger partial charge in [-0.05, 0) is 16.7 Å². The molecule has 3 rings (SSSR count). The fourth-order valence-electron chi connectivity index (χ4n) is 2.45. The Bertz CT molecular complexity index is 611. The zero-order valence-electron chi connectivity index (χ0n) is 9.98. The summed E-state index contributed by atoms with van der Waals surface area (Å²) in [6.07, 6.45) is -3.00. The highest BCUT2D eigenvalue weighted by Gasteiger charge is 2.64. The van der Waals surface area contributed by atoms with Gasteiger partial charge in [0.25, 0.3) is 0 Å². The molecule has 0 aliphatic heterocycles. The van der Waals surface area contributed by atoms with Crippen molar-refractivity contribution >= 4 is 5.57 Å². The number of rotatable bonds is 2. The van der Waals surface area contributed by atoms with Gasteiger partial charge in [0.05, 0.1) is 0 Å². The van der Waals surface area contributed by atoms with Crippen molar-refractivity contribution < 1.29 is 13.2 Å². The fraction of sp³-hybridized carbons (Fsp3) is 0.125. The molecule has 2 aromatic carbocycles. The number of halogens is 3. The molecule has 0 bridgehead atoms. The van der Waals surface area contributed by atoms with E-state index in [0.29, 0.717) is 11.1 Å². The lowest BCUT2D eigenvalue weighted by Crippen LogP contribution is -2.31. The molecule has 0 nitrogen and oxygen atoms in total. The van der Waals surface area contributed by atoms with E-state index in [1.54, 1.807) is 48.5 Å². The number of benzene rings is 2. The van der Waals surface area contributed by atoms with Crippen molar-refractivity contribution in [2.75, 3.05) is 0 Å². The van der Waals surface area contributed by atoms with Gasteiger partial charge in [-0.1, -0.05) is 66.7 Å². The lowest BCUT2D eigenvalue weighted by molar-refractivity contribution is -0.151. The van der Waals surface area contributed by atoms with Crippen molar-refractivity contribution in [1.29, 1.82) is 0 Å². The molecule has 0 saturated heterocycles. The van der Waals surface area contributed by atoms with E-state index in [1.165, 1.54) is 18.2 Å². The maximum absolute atomic E-state index is 13.5. The minimum atomic E-state index is -4.31. The molecule has 0 aromatic heterocycles. The molecule has 0 saturated carbocycles. The molecule has 0 N–H and O–H groups in total. The Hall–Kier alpha value is -2.03. The Morgan fingerprint density at radius 3 is 1.79 bits per heavy atom. The Kier molecular flexibility index (Phi) is 2.52. The summed E-state index contributed by atoms with van der Waals surface area (Å²) in [6.45, 7) is 0. The van der Waals surface area contributed by atoms with Gasteiger partial charge in [-0.25, -0.2) is 0 Å². The lowest BCUT2D eigenvalue weighted by atomic mass is 9.87. The molecule has 1 atom stereocenters. The smallest absolute Gasteiger partial charge is 0.169 e. The van der Waals surface area contributed by atoms with Crippen LogP contribution in [0.1, 0.15) is 11.1 Å². The second kappa shape index (κ2) is 3.98. The monoisotopic (exact) mass is 260 g/mol. The molecule has 3 heteroatoms. The summed E-state index contributed by atoms with van der Waals surface area (Å²) in [5, 5.41) is 0. The van der Waals surface area contributed by atoms with E-state index in [-0.39, 0.29) is 5.56 Å². The summed E-state index contributed by atoms with van der Waals surface area (Å²) in [6, 6.07) is 16.8. The van der Waals surface area contributed by atoms with Crippen molar-refractivity contribution in [3.63, 3.8) is 0 Å². The molecule has 19 heavy (non-hydrogen) atoms. The van der Waals surface area contributed by atoms with E-state index in [9.17, 15) is 13.2 Å². The van der Waals surface area contributed by atoms with Crippen LogP contribution in [0.4, 0.5) is 13.2 Å². The zero-order chi connectivity index (χ0) is 13.5. The molecule has 0 fully saturated rings. The third kappa shape index (κ3) is 1.77. The Labute approximate surface area is 109 Å². The van der Waals surface area contributed by atoms with Gasteiger partial charge in [-0.3, -0.25) is 0 Å². The van der Waals surface area contributed by atoms with E-state index in [1.807, 2.05) is 0 Å². The third-order valence-electron chi connectivity index (χ3n) is 3.46. The molecule has 2 aromatic rings. The molecule has 1 aliphatic carbocycles. The first-order chi connectivity index (χ1) is 9.06. The normalized spacial score (nSPS) is 21.9. The van der Waals surface area contributed by atoms with Crippen molar-refractivity contribution in [1.82, 2.24) is 0 Å². The number of hydrogen-bond donors (Lipinski definition) is 0. The van der Waals surface area contributed by atoms with E-state index < -0.39 is 11.6 Å². The van der Waals surface area contributed by atoms with Crippen LogP contribution < -0.4 is 0 Å². The van der Waals surface area contributed by atoms with E-state index in [2.05, 4.69) is 0 Å². The van der Waals surface area contributed by atoms with Crippen molar-refractivity contribution in [2.24, 2.45) is 0 Å². The van der Waals surface area contributed by atoms with Crippen LogP contribution in [0.25, 0.3) is 5.57 Å². The van der Waals surface area contributed by atoms with Gasteiger partial charge >= 0.3 is 6.18 Å². The van der Waals surface area contributed by atoms with E-state index >= 15 is 0 Å². The zero-order valence-corrected chi connectivity index (χ0v) is 9.98. The average Bonchev–Trinajstić information content (AvgIpc) is 3.17. The predicted octanol–water partition coefficient (Wildman–Crippen LogP) is 4.58. The summed E-state index contributed by atoms with van der Waals surface area (Å²) in [5.41, 5.74) is -0.660. The van der Waals surface area contributed by atoms with Gasteiger partial charge in [-0.15, -0.1) is 0 Å². The molecular weight excluding hydrogens is 249 g/mol. The summed E-state index contributed by atoms with van der Waals surface area (Å²) in [4.78, 5) is 0. The van der Waals surface area contributed by atoms with E-state index in [4.69, 9.17) is 0 Å². The topological polar surface area (TPSA) is 0 Å². The van der Waals surface area contributed by atoms with Crippen LogP contribution in [0, 0.1) is 0 Å². The van der Waals surface area contributed by atoms with Crippen molar-refractivity contribution in [3.8, 4) is 0 Å². The second-order valence-corrected chi connectivity index (χ2v) is 4.60. The Morgan fingerprint density at radius 1 is 0.737 bits per heavy atom. The van der Waals surface area contributed by atoms with Crippen LogP contribution in [0.5, 0.6) is 0 Å². The van der Waals surface area contributed by atoms with Crippen molar-refractivity contribution in [3.05, 3.63) is 77.9 Å². The first-order valence-electron chi connectivity index (χ1n) is 5.97. The van der Waals surface area contributed by atoms with Gasteiger partial charge in [0.15, 0.2) is 0 Å². The van der Waals surface area contributed by atoms with Gasteiger partial charge in [-0.2, -0.15) is 13.2 Å². The third-order valence-corrected chi connectivity index (χ3v) is 3.46. The standard InChI is InChI=1S/C16H11F3/c17-16(18,19)15(13-9-5-2-6-10-13)11-14(15)12-7-3-1-4-8-12/h1-11H. The van der Waals surface area contributed by atoms with Crippen LogP contribution in [0.2, 0.25) is 0 Å². The Balaban J connectivity index is 2.06. The fourth-order valence-corrected chi connectivity index (χ4v) is 2.45. The highest BCUT2D eigenvalue weighted by Crippen LogP contribution is 2.61. The summed E-state index contributed by atoms with van der Waals surface area (Å²) in [7, 11) is 0. The largest absolute Gasteiger partial charge is 0.405 e. The van der Waals surface area contributed by atoms with Gasteiger partial charge in [0.1, 0.15) is 5.41 Å². The summed E-state index contributed by atoms with van der Waals surface area (Å²) < 4.78 is 40.4. The summed E-state index contributed by atoms with van der Waals surface area (Å²) in [5.74, 6) is 0. The molecule has 0 heterocycles. The highest BCUT2D eigenvalue weighted by atomic mass is 19.4. The minimum Gasteiger partial charge on any atom is -0.169 e. The minimum absolute atomic E-state index is 0.279. The SMILES string of the molecule is FC(F)(F)C1(c2ccccc2)C=C1c1ccccc1. The molecule has 0 radical (unpaired) electrons. The second-order valence-electron chi connectivity index (χ2n) is 4.60. The van der Waals surface area contributed by atoms with Crippen LogP contribution in [-0.4, -0.2) is 6.18 Å². The van der Waals surface area contributed by atoms with Gasteiger partial charge < -0.3 is 0 Å². The predicted molar refractivity (Wildman–Crippen MR) is 68.6 cm³/mol. The average molecular weight is 260 g/mol. The summed E-state index contributed by atoms with van der Waals surface area (Å²) >= 11 is 0. The van der Waals surface area contributed by atoms with Crippen LogP contribution in [0.15, 0.2) is 66.7 Å². The quantitative estimate of drug-likeness (QED) is 0.741. The van der Waals surface area contributed by atoms with Crippen LogP contribution in [-0.2, 0) is 5.41 Å². The molecule has 0 spiro atoms.